The Morgan fingerprint density at radius 3 is 1.58 bits per heavy atom. The van der Waals surface area contributed by atoms with Gasteiger partial charge in [-0.05, 0) is 36.4 Å². The van der Waals surface area contributed by atoms with E-state index in [0.717, 1.165) is 70.8 Å². The van der Waals surface area contributed by atoms with Crippen molar-refractivity contribution >= 4 is 54.9 Å². The van der Waals surface area contributed by atoms with Crippen molar-refractivity contribution in [1.82, 2.24) is 34.3 Å². The average molecular weight is 724 g/mol. The first kappa shape index (κ1) is 31.3. The second kappa shape index (κ2) is 12.7. The lowest BCUT2D eigenvalue weighted by atomic mass is 10.1. The highest BCUT2D eigenvalue weighted by molar-refractivity contribution is 7.18. The Hall–Kier alpha value is -7.29. The van der Waals surface area contributed by atoms with Crippen LogP contribution in [0.3, 0.4) is 0 Å². The Morgan fingerprint density at radius 1 is 0.382 bits per heavy atom. The Labute approximate surface area is 319 Å². The number of benzene rings is 7. The molecule has 0 aliphatic carbocycles. The molecular weight excluding hydrogens is 695 g/mol. The van der Waals surface area contributed by atoms with Gasteiger partial charge in [0.15, 0.2) is 11.6 Å². The van der Waals surface area contributed by atoms with E-state index in [4.69, 9.17) is 25.1 Å². The number of nitrogens with zero attached hydrogens (tertiary/aromatic N) is 7. The van der Waals surface area contributed by atoms with Crippen LogP contribution in [-0.4, -0.2) is 34.3 Å². The van der Waals surface area contributed by atoms with E-state index in [0.29, 0.717) is 17.6 Å². The molecule has 55 heavy (non-hydrogen) atoms. The number of hydrogen-bond donors (Lipinski definition) is 0. The minimum atomic E-state index is 0.550. The van der Waals surface area contributed by atoms with Gasteiger partial charge in [-0.3, -0.25) is 4.57 Å². The van der Waals surface area contributed by atoms with E-state index in [2.05, 4.69) is 124 Å². The monoisotopic (exact) mass is 723 g/mol. The zero-order valence-electron chi connectivity index (χ0n) is 29.3. The Morgan fingerprint density at radius 2 is 0.891 bits per heavy atom. The van der Waals surface area contributed by atoms with Crippen LogP contribution < -0.4 is 0 Å². The SMILES string of the molecule is c1ccc(-c2nc(-c3ccccc3)nc(-n3c4ccccc4c4c(-c5nnc(-c6cccc7c8ccccc8n(-c8ccccc8)c67)s5)cccc43)n2)cc1. The largest absolute Gasteiger partial charge is 0.309 e. The fourth-order valence-electron chi connectivity index (χ4n) is 7.79. The fourth-order valence-corrected chi connectivity index (χ4v) is 8.69. The van der Waals surface area contributed by atoms with Crippen LogP contribution in [0, 0.1) is 0 Å². The molecule has 258 valence electrons. The number of fused-ring (bicyclic) bond motifs is 6. The van der Waals surface area contributed by atoms with Gasteiger partial charge >= 0.3 is 0 Å². The molecule has 0 saturated heterocycles. The third-order valence-electron chi connectivity index (χ3n) is 10.2. The lowest BCUT2D eigenvalue weighted by Gasteiger charge is -2.11. The summed E-state index contributed by atoms with van der Waals surface area (Å²) >= 11 is 1.61. The van der Waals surface area contributed by atoms with Crippen LogP contribution in [0.2, 0.25) is 0 Å². The Bertz CT molecular complexity index is 3140. The molecule has 0 radical (unpaired) electrons. The summed E-state index contributed by atoms with van der Waals surface area (Å²) in [6.45, 7) is 0. The third-order valence-corrected chi connectivity index (χ3v) is 11.2. The van der Waals surface area contributed by atoms with Gasteiger partial charge < -0.3 is 4.57 Å². The van der Waals surface area contributed by atoms with Gasteiger partial charge in [-0.25, -0.2) is 4.98 Å². The van der Waals surface area contributed by atoms with Gasteiger partial charge in [0.1, 0.15) is 10.0 Å². The molecule has 0 amide bonds. The van der Waals surface area contributed by atoms with Gasteiger partial charge in [-0.2, -0.15) is 9.97 Å². The summed E-state index contributed by atoms with van der Waals surface area (Å²) in [5, 5.41) is 16.0. The van der Waals surface area contributed by atoms with E-state index < -0.39 is 0 Å². The molecule has 8 heteroatoms. The minimum absolute atomic E-state index is 0.550. The second-order valence-corrected chi connectivity index (χ2v) is 14.3. The van der Waals surface area contributed by atoms with E-state index >= 15 is 0 Å². The number of para-hydroxylation sites is 4. The Balaban J connectivity index is 1.12. The van der Waals surface area contributed by atoms with Gasteiger partial charge in [-0.1, -0.05) is 151 Å². The molecule has 0 aliphatic rings. The molecule has 0 fully saturated rings. The molecule has 0 N–H and O–H groups in total. The van der Waals surface area contributed by atoms with Crippen LogP contribution in [0.25, 0.3) is 99.2 Å². The molecule has 11 rings (SSSR count). The van der Waals surface area contributed by atoms with Crippen molar-refractivity contribution in [2.24, 2.45) is 0 Å². The van der Waals surface area contributed by atoms with Gasteiger partial charge in [0, 0.05) is 49.5 Å². The molecule has 11 aromatic rings. The van der Waals surface area contributed by atoms with E-state index in [-0.39, 0.29) is 0 Å². The van der Waals surface area contributed by atoms with Crippen molar-refractivity contribution in [3.63, 3.8) is 0 Å². The summed E-state index contributed by atoms with van der Waals surface area (Å²) in [6.07, 6.45) is 0. The molecular formula is C47H29N7S. The van der Waals surface area contributed by atoms with Crippen molar-refractivity contribution in [3.05, 3.63) is 176 Å². The normalized spacial score (nSPS) is 11.6. The number of rotatable bonds is 6. The van der Waals surface area contributed by atoms with Gasteiger partial charge in [0.2, 0.25) is 5.95 Å². The summed E-state index contributed by atoms with van der Waals surface area (Å²) in [6, 6.07) is 60.5. The summed E-state index contributed by atoms with van der Waals surface area (Å²) < 4.78 is 4.49. The topological polar surface area (TPSA) is 74.3 Å². The summed E-state index contributed by atoms with van der Waals surface area (Å²) in [7, 11) is 0. The lowest BCUT2D eigenvalue weighted by Crippen LogP contribution is -2.06. The lowest BCUT2D eigenvalue weighted by molar-refractivity contribution is 0.953. The van der Waals surface area contributed by atoms with Crippen LogP contribution >= 0.6 is 11.3 Å². The van der Waals surface area contributed by atoms with Crippen molar-refractivity contribution in [2.45, 2.75) is 0 Å². The Kier molecular flexibility index (Phi) is 7.21. The van der Waals surface area contributed by atoms with Crippen LogP contribution in [0.15, 0.2) is 176 Å². The molecule has 4 aromatic heterocycles. The summed E-state index contributed by atoms with van der Waals surface area (Å²) in [5.74, 6) is 1.78. The predicted molar refractivity (Wildman–Crippen MR) is 224 cm³/mol. The maximum absolute atomic E-state index is 5.11. The summed E-state index contributed by atoms with van der Waals surface area (Å²) in [5.41, 5.74) is 9.25. The zero-order chi connectivity index (χ0) is 36.3. The smallest absolute Gasteiger partial charge is 0.238 e. The number of aromatic nitrogens is 7. The van der Waals surface area contributed by atoms with E-state index in [1.165, 1.54) is 10.8 Å². The third kappa shape index (κ3) is 5.07. The minimum Gasteiger partial charge on any atom is -0.309 e. The molecule has 0 aliphatic heterocycles. The van der Waals surface area contributed by atoms with Gasteiger partial charge in [0.25, 0.3) is 0 Å². The standard InChI is InChI=1S/C47H29N7S/c1-4-16-30(17-5-1)43-48-44(31-18-6-2-7-19-31)50-47(49-43)54-39-28-13-11-23-35(39)41-36(25-15-29-40(41)54)45-51-52-46(55-45)37-26-14-24-34-33-22-10-12-27-38(33)53(42(34)37)32-20-8-3-9-21-32/h1-29H. The predicted octanol–water partition coefficient (Wildman–Crippen LogP) is 11.6. The van der Waals surface area contributed by atoms with E-state index in [1.807, 2.05) is 60.7 Å². The van der Waals surface area contributed by atoms with Crippen LogP contribution in [0.5, 0.6) is 0 Å². The van der Waals surface area contributed by atoms with Crippen LogP contribution in [0.1, 0.15) is 0 Å². The molecule has 4 heterocycles. The molecule has 7 aromatic carbocycles. The first-order valence-electron chi connectivity index (χ1n) is 18.1. The quantitative estimate of drug-likeness (QED) is 0.171. The first-order chi connectivity index (χ1) is 27.3. The first-order valence-corrected chi connectivity index (χ1v) is 18.9. The molecule has 7 nitrogen and oxygen atoms in total. The molecule has 0 unspecified atom stereocenters. The van der Waals surface area contributed by atoms with Crippen molar-refractivity contribution in [2.75, 3.05) is 0 Å². The maximum Gasteiger partial charge on any atom is 0.238 e. The van der Waals surface area contributed by atoms with Crippen molar-refractivity contribution in [3.8, 4) is 55.6 Å². The molecule has 0 bridgehead atoms. The second-order valence-electron chi connectivity index (χ2n) is 13.4. The van der Waals surface area contributed by atoms with Gasteiger partial charge in [0.05, 0.1) is 22.1 Å². The summed E-state index contributed by atoms with van der Waals surface area (Å²) in [4.78, 5) is 15.2. The van der Waals surface area contributed by atoms with Crippen molar-refractivity contribution < 1.29 is 0 Å². The molecule has 0 atom stereocenters. The van der Waals surface area contributed by atoms with Crippen LogP contribution in [-0.2, 0) is 0 Å². The van der Waals surface area contributed by atoms with Crippen LogP contribution in [0.4, 0.5) is 0 Å². The highest BCUT2D eigenvalue weighted by atomic mass is 32.1. The fraction of sp³-hybridized carbons (Fsp3) is 0. The van der Waals surface area contributed by atoms with E-state index in [1.54, 1.807) is 11.3 Å². The highest BCUT2D eigenvalue weighted by Crippen LogP contribution is 2.43. The molecule has 0 spiro atoms. The van der Waals surface area contributed by atoms with E-state index in [9.17, 15) is 0 Å². The number of hydrogen-bond acceptors (Lipinski definition) is 6. The van der Waals surface area contributed by atoms with Crippen molar-refractivity contribution in [1.29, 1.82) is 0 Å². The van der Waals surface area contributed by atoms with Gasteiger partial charge in [-0.15, -0.1) is 10.2 Å². The molecule has 0 saturated carbocycles. The zero-order valence-corrected chi connectivity index (χ0v) is 30.1. The highest BCUT2D eigenvalue weighted by Gasteiger charge is 2.23. The maximum atomic E-state index is 5.11. The average Bonchev–Trinajstić information content (AvgIpc) is 3.98.